The molecule has 4 heteroatoms. The average molecular weight is 244 g/mol. The Morgan fingerprint density at radius 3 is 2.72 bits per heavy atom. The maximum absolute atomic E-state index is 11.8. The van der Waals surface area contributed by atoms with E-state index in [1.54, 1.807) is 11.0 Å². The van der Waals surface area contributed by atoms with Crippen molar-refractivity contribution in [2.45, 2.75) is 13.8 Å². The molecule has 0 aliphatic heterocycles. The molecule has 94 valence electrons. The number of benzene rings is 1. The van der Waals surface area contributed by atoms with Gasteiger partial charge in [0.15, 0.2) is 5.58 Å². The van der Waals surface area contributed by atoms with E-state index in [0.717, 1.165) is 11.1 Å². The summed E-state index contributed by atoms with van der Waals surface area (Å²) in [5.41, 5.74) is 1.53. The normalized spacial score (nSPS) is 11.2. The van der Waals surface area contributed by atoms with Crippen molar-refractivity contribution in [1.82, 2.24) is 9.88 Å². The van der Waals surface area contributed by atoms with Crippen LogP contribution in [0.1, 0.15) is 19.7 Å². The summed E-state index contributed by atoms with van der Waals surface area (Å²) in [4.78, 5) is 17.8. The molecular formula is C14H16N2O2. The third-order valence-electron chi connectivity index (χ3n) is 2.75. The molecule has 0 N–H and O–H groups in total. The molecule has 0 saturated heterocycles. The number of nitrogens with zero attached hydrogens (tertiary/aromatic N) is 2. The third kappa shape index (κ3) is 2.59. The summed E-state index contributed by atoms with van der Waals surface area (Å²) in [6.45, 7) is 5.31. The van der Waals surface area contributed by atoms with Crippen molar-refractivity contribution >= 4 is 23.1 Å². The lowest BCUT2D eigenvalue weighted by Gasteiger charge is -2.15. The Kier molecular flexibility index (Phi) is 3.77. The van der Waals surface area contributed by atoms with Crippen LogP contribution in [-0.2, 0) is 4.79 Å². The first kappa shape index (κ1) is 12.4. The Balaban J connectivity index is 2.15. The number of likely N-dealkylation sites (N-methyl/N-ethyl adjacent to an activating group) is 1. The predicted molar refractivity (Wildman–Crippen MR) is 71.0 cm³/mol. The van der Waals surface area contributed by atoms with Crippen LogP contribution in [0.5, 0.6) is 0 Å². The van der Waals surface area contributed by atoms with E-state index < -0.39 is 0 Å². The van der Waals surface area contributed by atoms with E-state index in [-0.39, 0.29) is 5.91 Å². The van der Waals surface area contributed by atoms with Gasteiger partial charge in [-0.05, 0) is 26.0 Å². The van der Waals surface area contributed by atoms with Crippen molar-refractivity contribution in [3.8, 4) is 0 Å². The molecule has 0 fully saturated rings. The molecule has 2 aromatic rings. The fourth-order valence-corrected chi connectivity index (χ4v) is 1.74. The molecule has 0 radical (unpaired) electrons. The zero-order valence-electron chi connectivity index (χ0n) is 10.6. The predicted octanol–water partition coefficient (Wildman–Crippen LogP) is 2.71. The van der Waals surface area contributed by atoms with Crippen LogP contribution < -0.4 is 0 Å². The molecular weight excluding hydrogens is 228 g/mol. The van der Waals surface area contributed by atoms with Crippen molar-refractivity contribution in [1.29, 1.82) is 0 Å². The fraction of sp³-hybridized carbons (Fsp3) is 0.286. The molecule has 2 rings (SSSR count). The summed E-state index contributed by atoms with van der Waals surface area (Å²) in [7, 11) is 0. The summed E-state index contributed by atoms with van der Waals surface area (Å²) in [6, 6.07) is 7.52. The summed E-state index contributed by atoms with van der Waals surface area (Å²) in [5, 5.41) is 0. The maximum Gasteiger partial charge on any atom is 0.246 e. The van der Waals surface area contributed by atoms with E-state index in [9.17, 15) is 4.79 Å². The van der Waals surface area contributed by atoms with Gasteiger partial charge in [-0.3, -0.25) is 4.79 Å². The van der Waals surface area contributed by atoms with Gasteiger partial charge >= 0.3 is 0 Å². The molecule has 0 aliphatic rings. The second-order valence-corrected chi connectivity index (χ2v) is 3.86. The van der Waals surface area contributed by atoms with Crippen LogP contribution in [0.3, 0.4) is 0 Å². The van der Waals surface area contributed by atoms with E-state index in [0.29, 0.717) is 19.0 Å². The van der Waals surface area contributed by atoms with Crippen molar-refractivity contribution < 1.29 is 9.21 Å². The van der Waals surface area contributed by atoms with E-state index in [2.05, 4.69) is 4.98 Å². The second-order valence-electron chi connectivity index (χ2n) is 3.86. The van der Waals surface area contributed by atoms with Crippen LogP contribution in [0.4, 0.5) is 0 Å². The van der Waals surface area contributed by atoms with Crippen LogP contribution >= 0.6 is 0 Å². The van der Waals surface area contributed by atoms with Crippen molar-refractivity contribution in [3.63, 3.8) is 0 Å². The first-order chi connectivity index (χ1) is 8.74. The van der Waals surface area contributed by atoms with Crippen molar-refractivity contribution in [2.75, 3.05) is 13.1 Å². The number of hydrogen-bond donors (Lipinski definition) is 0. The zero-order valence-corrected chi connectivity index (χ0v) is 10.6. The Bertz CT molecular complexity index is 535. The molecule has 1 amide bonds. The van der Waals surface area contributed by atoms with E-state index in [4.69, 9.17) is 4.42 Å². The number of aromatic nitrogens is 1. The molecule has 1 aromatic carbocycles. The molecule has 18 heavy (non-hydrogen) atoms. The van der Waals surface area contributed by atoms with E-state index in [1.807, 2.05) is 38.1 Å². The van der Waals surface area contributed by atoms with Gasteiger partial charge in [0.05, 0.1) is 0 Å². The highest BCUT2D eigenvalue weighted by Gasteiger charge is 2.06. The lowest BCUT2D eigenvalue weighted by molar-refractivity contribution is -0.125. The molecule has 0 spiro atoms. The fourth-order valence-electron chi connectivity index (χ4n) is 1.74. The summed E-state index contributed by atoms with van der Waals surface area (Å²) in [6.07, 6.45) is 3.11. The molecule has 1 heterocycles. The molecule has 0 atom stereocenters. The van der Waals surface area contributed by atoms with Gasteiger partial charge in [0.2, 0.25) is 11.8 Å². The minimum absolute atomic E-state index is 0.0257. The van der Waals surface area contributed by atoms with Crippen LogP contribution in [0.15, 0.2) is 34.8 Å². The number of rotatable bonds is 4. The highest BCUT2D eigenvalue weighted by molar-refractivity contribution is 5.91. The Labute approximate surface area is 106 Å². The smallest absolute Gasteiger partial charge is 0.246 e. The number of carbonyl (C=O) groups excluding carboxylic acids is 1. The minimum Gasteiger partial charge on any atom is -0.437 e. The van der Waals surface area contributed by atoms with Gasteiger partial charge in [-0.15, -0.1) is 0 Å². The largest absolute Gasteiger partial charge is 0.437 e. The second kappa shape index (κ2) is 5.49. The van der Waals surface area contributed by atoms with Crippen LogP contribution in [-0.4, -0.2) is 28.9 Å². The Morgan fingerprint density at radius 1 is 1.33 bits per heavy atom. The lowest BCUT2D eigenvalue weighted by atomic mass is 10.3. The summed E-state index contributed by atoms with van der Waals surface area (Å²) in [5.74, 6) is 0.430. The highest BCUT2D eigenvalue weighted by atomic mass is 16.3. The van der Waals surface area contributed by atoms with Crippen LogP contribution in [0.2, 0.25) is 0 Å². The van der Waals surface area contributed by atoms with Gasteiger partial charge in [-0.25, -0.2) is 4.98 Å². The maximum atomic E-state index is 11.8. The molecule has 0 bridgehead atoms. The molecule has 0 saturated carbocycles. The van der Waals surface area contributed by atoms with Crippen molar-refractivity contribution in [3.05, 3.63) is 36.2 Å². The molecule has 1 aromatic heterocycles. The first-order valence-electron chi connectivity index (χ1n) is 6.07. The van der Waals surface area contributed by atoms with Gasteiger partial charge < -0.3 is 9.32 Å². The number of fused-ring (bicyclic) bond motifs is 1. The SMILES string of the molecule is CCN(CC)C(=O)C=Cc1nc2ccccc2o1. The summed E-state index contributed by atoms with van der Waals surface area (Å²) < 4.78 is 5.50. The standard InChI is InChI=1S/C14H16N2O2/c1-3-16(4-2)14(17)10-9-13-15-11-7-5-6-8-12(11)18-13/h5-10H,3-4H2,1-2H3. The van der Waals surface area contributed by atoms with Crippen LogP contribution in [0, 0.1) is 0 Å². The van der Waals surface area contributed by atoms with Gasteiger partial charge in [0, 0.05) is 25.2 Å². The van der Waals surface area contributed by atoms with Gasteiger partial charge in [-0.1, -0.05) is 12.1 Å². The van der Waals surface area contributed by atoms with Crippen molar-refractivity contribution in [2.24, 2.45) is 0 Å². The number of amides is 1. The monoisotopic (exact) mass is 244 g/mol. The molecule has 0 unspecified atom stereocenters. The first-order valence-corrected chi connectivity index (χ1v) is 6.07. The van der Waals surface area contributed by atoms with Gasteiger partial charge in [0.1, 0.15) is 5.52 Å². The van der Waals surface area contributed by atoms with Crippen LogP contribution in [0.25, 0.3) is 17.2 Å². The third-order valence-corrected chi connectivity index (χ3v) is 2.75. The average Bonchev–Trinajstić information content (AvgIpc) is 2.80. The lowest BCUT2D eigenvalue weighted by Crippen LogP contribution is -2.28. The van der Waals surface area contributed by atoms with Gasteiger partial charge in [-0.2, -0.15) is 0 Å². The zero-order chi connectivity index (χ0) is 13.0. The number of oxazole rings is 1. The number of hydrogen-bond acceptors (Lipinski definition) is 3. The van der Waals surface area contributed by atoms with E-state index >= 15 is 0 Å². The minimum atomic E-state index is -0.0257. The Hall–Kier alpha value is -2.10. The number of para-hydroxylation sites is 2. The number of carbonyl (C=O) groups is 1. The summed E-state index contributed by atoms with van der Waals surface area (Å²) >= 11 is 0. The van der Waals surface area contributed by atoms with Gasteiger partial charge in [0.25, 0.3) is 0 Å². The quantitative estimate of drug-likeness (QED) is 0.777. The topological polar surface area (TPSA) is 46.3 Å². The molecule has 4 nitrogen and oxygen atoms in total. The molecule has 0 aliphatic carbocycles. The van der Waals surface area contributed by atoms with E-state index in [1.165, 1.54) is 6.08 Å². The highest BCUT2D eigenvalue weighted by Crippen LogP contribution is 2.15. The Morgan fingerprint density at radius 2 is 2.06 bits per heavy atom.